The van der Waals surface area contributed by atoms with Crippen LogP contribution in [-0.2, 0) is 9.84 Å². The first kappa shape index (κ1) is 14.6. The summed E-state index contributed by atoms with van der Waals surface area (Å²) < 4.78 is 24.5. The van der Waals surface area contributed by atoms with Gasteiger partial charge in [-0.25, -0.2) is 8.42 Å². The van der Waals surface area contributed by atoms with Crippen LogP contribution in [0.1, 0.15) is 16.5 Å². The summed E-state index contributed by atoms with van der Waals surface area (Å²) in [6.45, 7) is 0. The fraction of sp³-hybridized carbons (Fsp3) is 0.133. The van der Waals surface area contributed by atoms with Crippen LogP contribution < -0.4 is 0 Å². The van der Waals surface area contributed by atoms with Crippen LogP contribution in [0.5, 0.6) is 0 Å². The Bertz CT molecular complexity index is 719. The molecular weight excluding hydrogens is 294 g/mol. The van der Waals surface area contributed by atoms with Gasteiger partial charge < -0.3 is 0 Å². The van der Waals surface area contributed by atoms with E-state index in [9.17, 15) is 8.42 Å². The molecule has 0 N–H and O–H groups in total. The Morgan fingerprint density at radius 1 is 1.05 bits per heavy atom. The van der Waals surface area contributed by atoms with Crippen molar-refractivity contribution >= 4 is 21.4 Å². The molecule has 5 heteroatoms. The molecule has 2 aromatic carbocycles. The highest BCUT2D eigenvalue weighted by atomic mass is 35.5. The van der Waals surface area contributed by atoms with E-state index in [4.69, 9.17) is 16.9 Å². The Kier molecular flexibility index (Phi) is 4.43. The van der Waals surface area contributed by atoms with Gasteiger partial charge in [0.1, 0.15) is 0 Å². The summed E-state index contributed by atoms with van der Waals surface area (Å²) in [7, 11) is -3.47. The van der Waals surface area contributed by atoms with Gasteiger partial charge in [0.2, 0.25) is 0 Å². The summed E-state index contributed by atoms with van der Waals surface area (Å²) >= 11 is 6.17. The lowest BCUT2D eigenvalue weighted by Crippen LogP contribution is -2.11. The molecule has 3 nitrogen and oxygen atoms in total. The second-order valence-electron chi connectivity index (χ2n) is 4.30. The smallest absolute Gasteiger partial charge is 0.180 e. The molecule has 0 aliphatic carbocycles. The third kappa shape index (κ3) is 3.38. The van der Waals surface area contributed by atoms with Gasteiger partial charge in [-0.3, -0.25) is 0 Å². The van der Waals surface area contributed by atoms with Crippen LogP contribution in [0.25, 0.3) is 0 Å². The number of benzene rings is 2. The standard InChI is InChI=1S/C15H12ClNO2S/c16-15(13-4-2-1-3-5-13)11-20(18,19)14-8-6-12(10-17)7-9-14/h1-9,15H,11H2. The second-order valence-corrected chi connectivity index (χ2v) is 6.86. The number of sulfone groups is 1. The summed E-state index contributed by atoms with van der Waals surface area (Å²) in [5.41, 5.74) is 1.20. The minimum atomic E-state index is -3.47. The molecule has 0 saturated carbocycles. The minimum Gasteiger partial charge on any atom is -0.224 e. The fourth-order valence-electron chi connectivity index (χ4n) is 1.78. The normalized spacial score (nSPS) is 12.6. The first-order valence-corrected chi connectivity index (χ1v) is 8.04. The van der Waals surface area contributed by atoms with Crippen molar-refractivity contribution in [2.75, 3.05) is 5.75 Å². The van der Waals surface area contributed by atoms with E-state index in [2.05, 4.69) is 0 Å². The average Bonchev–Trinajstić information content (AvgIpc) is 2.48. The predicted molar refractivity (Wildman–Crippen MR) is 78.2 cm³/mol. The molecular formula is C15H12ClNO2S. The zero-order valence-electron chi connectivity index (χ0n) is 10.5. The van der Waals surface area contributed by atoms with Gasteiger partial charge in [0.15, 0.2) is 9.84 Å². The van der Waals surface area contributed by atoms with Gasteiger partial charge in [-0.2, -0.15) is 5.26 Å². The van der Waals surface area contributed by atoms with Gasteiger partial charge in [0, 0.05) is 0 Å². The molecule has 0 heterocycles. The van der Waals surface area contributed by atoms with Crippen molar-refractivity contribution in [1.29, 1.82) is 5.26 Å². The lowest BCUT2D eigenvalue weighted by Gasteiger charge is -2.10. The maximum Gasteiger partial charge on any atom is 0.180 e. The minimum absolute atomic E-state index is 0.176. The molecule has 102 valence electrons. The number of rotatable bonds is 4. The van der Waals surface area contributed by atoms with E-state index in [1.54, 1.807) is 12.1 Å². The molecule has 0 spiro atoms. The second kappa shape index (κ2) is 6.08. The van der Waals surface area contributed by atoms with Crippen LogP contribution >= 0.6 is 11.6 Å². The molecule has 0 aliphatic heterocycles. The van der Waals surface area contributed by atoms with Crippen molar-refractivity contribution in [3.05, 3.63) is 65.7 Å². The van der Waals surface area contributed by atoms with E-state index >= 15 is 0 Å². The quantitative estimate of drug-likeness (QED) is 0.814. The summed E-state index contributed by atoms with van der Waals surface area (Å²) in [6.07, 6.45) is 0. The van der Waals surface area contributed by atoms with Gasteiger partial charge in [-0.1, -0.05) is 30.3 Å². The highest BCUT2D eigenvalue weighted by Crippen LogP contribution is 2.25. The van der Waals surface area contributed by atoms with Crippen molar-refractivity contribution in [2.45, 2.75) is 10.3 Å². The first-order chi connectivity index (χ1) is 9.53. The third-order valence-corrected chi connectivity index (χ3v) is 5.22. The van der Waals surface area contributed by atoms with E-state index in [1.165, 1.54) is 24.3 Å². The molecule has 0 radical (unpaired) electrons. The summed E-state index contributed by atoms with van der Waals surface area (Å²) in [5, 5.41) is 8.10. The molecule has 0 saturated heterocycles. The maximum absolute atomic E-state index is 12.2. The molecule has 0 aliphatic rings. The Morgan fingerprint density at radius 3 is 2.20 bits per heavy atom. The Balaban J connectivity index is 2.21. The molecule has 2 rings (SSSR count). The number of nitriles is 1. The Morgan fingerprint density at radius 2 is 1.65 bits per heavy atom. The van der Waals surface area contributed by atoms with Crippen molar-refractivity contribution in [2.24, 2.45) is 0 Å². The first-order valence-electron chi connectivity index (χ1n) is 5.95. The van der Waals surface area contributed by atoms with Crippen LogP contribution in [0.15, 0.2) is 59.5 Å². The molecule has 1 unspecified atom stereocenters. The maximum atomic E-state index is 12.2. The van der Waals surface area contributed by atoms with Gasteiger partial charge in [-0.05, 0) is 29.8 Å². The monoisotopic (exact) mass is 305 g/mol. The van der Waals surface area contributed by atoms with Gasteiger partial charge in [0.25, 0.3) is 0 Å². The van der Waals surface area contributed by atoms with Crippen molar-refractivity contribution in [3.63, 3.8) is 0 Å². The molecule has 0 bridgehead atoms. The van der Waals surface area contributed by atoms with Gasteiger partial charge in [0.05, 0.1) is 27.7 Å². The summed E-state index contributed by atoms with van der Waals surface area (Å²) in [5.74, 6) is -0.176. The molecule has 2 aromatic rings. The number of hydrogen-bond donors (Lipinski definition) is 0. The van der Waals surface area contributed by atoms with Crippen molar-refractivity contribution < 1.29 is 8.42 Å². The Hall–Kier alpha value is -1.83. The number of halogens is 1. The topological polar surface area (TPSA) is 57.9 Å². The van der Waals surface area contributed by atoms with Crippen LogP contribution in [0, 0.1) is 11.3 Å². The van der Waals surface area contributed by atoms with Crippen LogP contribution in [0.3, 0.4) is 0 Å². The van der Waals surface area contributed by atoms with Crippen molar-refractivity contribution in [1.82, 2.24) is 0 Å². The zero-order valence-corrected chi connectivity index (χ0v) is 12.1. The molecule has 0 fully saturated rings. The van der Waals surface area contributed by atoms with Crippen LogP contribution in [-0.4, -0.2) is 14.2 Å². The summed E-state index contributed by atoms with van der Waals surface area (Å²) in [6, 6.07) is 16.9. The SMILES string of the molecule is N#Cc1ccc(S(=O)(=O)CC(Cl)c2ccccc2)cc1. The van der Waals surface area contributed by atoms with E-state index in [0.29, 0.717) is 5.56 Å². The summed E-state index contributed by atoms with van der Waals surface area (Å²) in [4.78, 5) is 0.179. The number of hydrogen-bond acceptors (Lipinski definition) is 3. The van der Waals surface area contributed by atoms with E-state index in [1.807, 2.05) is 24.3 Å². The zero-order chi connectivity index (χ0) is 14.6. The van der Waals surface area contributed by atoms with Gasteiger partial charge in [-0.15, -0.1) is 11.6 Å². The van der Waals surface area contributed by atoms with Crippen molar-refractivity contribution in [3.8, 4) is 6.07 Å². The highest BCUT2D eigenvalue weighted by molar-refractivity contribution is 7.91. The third-order valence-electron chi connectivity index (χ3n) is 2.87. The largest absolute Gasteiger partial charge is 0.224 e. The highest BCUT2D eigenvalue weighted by Gasteiger charge is 2.20. The molecule has 0 aromatic heterocycles. The number of nitrogens with zero attached hydrogens (tertiary/aromatic N) is 1. The fourth-order valence-corrected chi connectivity index (χ4v) is 3.75. The average molecular weight is 306 g/mol. The Labute approximate surface area is 123 Å². The van der Waals surface area contributed by atoms with Crippen LogP contribution in [0.2, 0.25) is 0 Å². The number of alkyl halides is 1. The lowest BCUT2D eigenvalue weighted by molar-refractivity contribution is 0.594. The predicted octanol–water partition coefficient (Wildman–Crippen LogP) is 3.31. The van der Waals surface area contributed by atoms with E-state index < -0.39 is 15.2 Å². The van der Waals surface area contributed by atoms with E-state index in [0.717, 1.165) is 5.56 Å². The molecule has 1 atom stereocenters. The molecule has 0 amide bonds. The van der Waals surface area contributed by atoms with E-state index in [-0.39, 0.29) is 10.6 Å². The van der Waals surface area contributed by atoms with Crippen LogP contribution in [0.4, 0.5) is 0 Å². The lowest BCUT2D eigenvalue weighted by atomic mass is 10.2. The van der Waals surface area contributed by atoms with Gasteiger partial charge >= 0.3 is 0 Å². The molecule has 20 heavy (non-hydrogen) atoms.